The molecule has 0 saturated heterocycles. The van der Waals surface area contributed by atoms with Gasteiger partial charge in [0.1, 0.15) is 6.04 Å². The topological polar surface area (TPSA) is 49.4 Å². The number of carbonyl (C=O) groups is 2. The van der Waals surface area contributed by atoms with Crippen molar-refractivity contribution in [2.45, 2.75) is 45.5 Å². The maximum atomic E-state index is 13.7. The minimum absolute atomic E-state index is 0.0859. The Bertz CT molecular complexity index is 1190. The molecule has 0 aliphatic rings. The lowest BCUT2D eigenvalue weighted by atomic mass is 10.0. The molecular formula is C30H34Cl2N2O2S. The summed E-state index contributed by atoms with van der Waals surface area (Å²) in [5.41, 5.74) is 4.04. The molecule has 0 spiro atoms. The van der Waals surface area contributed by atoms with Gasteiger partial charge in [-0.3, -0.25) is 9.59 Å². The van der Waals surface area contributed by atoms with Crippen LogP contribution in [0.4, 0.5) is 0 Å². The van der Waals surface area contributed by atoms with E-state index in [4.69, 9.17) is 23.2 Å². The number of hydrogen-bond acceptors (Lipinski definition) is 3. The van der Waals surface area contributed by atoms with Crippen molar-refractivity contribution in [3.63, 3.8) is 0 Å². The highest BCUT2D eigenvalue weighted by atomic mass is 35.5. The molecule has 7 heteroatoms. The molecule has 3 rings (SSSR count). The summed E-state index contributed by atoms with van der Waals surface area (Å²) < 4.78 is 0. The fourth-order valence-corrected chi connectivity index (χ4v) is 5.42. The van der Waals surface area contributed by atoms with Crippen molar-refractivity contribution in [1.29, 1.82) is 0 Å². The summed E-state index contributed by atoms with van der Waals surface area (Å²) in [5, 5.41) is 4.22. The zero-order valence-electron chi connectivity index (χ0n) is 21.5. The lowest BCUT2D eigenvalue weighted by Gasteiger charge is -2.32. The van der Waals surface area contributed by atoms with Crippen LogP contribution in [-0.2, 0) is 28.3 Å². The molecule has 3 aromatic rings. The standard InChI is InChI=1S/C30H34Cl2N2O2S/c1-21(2)17-33-30(36)28(15-23-9-5-4-6-10-23)34(18-24-11-7-8-22(3)14-24)29(35)20-37-19-25-12-13-26(31)16-27(25)32/h4-14,16,21,28H,15,17-20H2,1-3H3,(H,33,36)/t28-/m1/s1. The third-order valence-corrected chi connectivity index (χ3v) is 7.44. The molecule has 0 radical (unpaired) electrons. The van der Waals surface area contributed by atoms with Gasteiger partial charge in [-0.15, -0.1) is 11.8 Å². The smallest absolute Gasteiger partial charge is 0.243 e. The van der Waals surface area contributed by atoms with Crippen LogP contribution in [-0.4, -0.2) is 35.1 Å². The van der Waals surface area contributed by atoms with Crippen LogP contribution >= 0.6 is 35.0 Å². The van der Waals surface area contributed by atoms with E-state index in [2.05, 4.69) is 25.2 Å². The van der Waals surface area contributed by atoms with Crippen LogP contribution in [0.25, 0.3) is 0 Å². The summed E-state index contributed by atoms with van der Waals surface area (Å²) >= 11 is 13.8. The summed E-state index contributed by atoms with van der Waals surface area (Å²) in [6.07, 6.45) is 0.440. The number of nitrogens with one attached hydrogen (secondary N) is 1. The molecule has 3 aromatic carbocycles. The van der Waals surface area contributed by atoms with Gasteiger partial charge in [-0.2, -0.15) is 0 Å². The molecule has 1 atom stereocenters. The van der Waals surface area contributed by atoms with Crippen LogP contribution < -0.4 is 5.32 Å². The van der Waals surface area contributed by atoms with Crippen molar-refractivity contribution in [2.24, 2.45) is 5.92 Å². The second kappa shape index (κ2) is 14.5. The van der Waals surface area contributed by atoms with Crippen LogP contribution in [0.15, 0.2) is 72.8 Å². The molecular weight excluding hydrogens is 523 g/mol. The molecule has 0 aromatic heterocycles. The molecule has 0 fully saturated rings. The normalized spacial score (nSPS) is 11.8. The summed E-state index contributed by atoms with van der Waals surface area (Å²) in [7, 11) is 0. The predicted molar refractivity (Wildman–Crippen MR) is 156 cm³/mol. The summed E-state index contributed by atoms with van der Waals surface area (Å²) in [5.74, 6) is 0.889. The first-order valence-electron chi connectivity index (χ1n) is 12.4. The van der Waals surface area contributed by atoms with Crippen LogP contribution in [0.5, 0.6) is 0 Å². The summed E-state index contributed by atoms with van der Waals surface area (Å²) in [6, 6.07) is 22.7. The first kappa shape index (κ1) is 29.1. The molecule has 0 heterocycles. The van der Waals surface area contributed by atoms with Crippen molar-refractivity contribution in [3.8, 4) is 0 Å². The number of nitrogens with zero attached hydrogens (tertiary/aromatic N) is 1. The molecule has 1 N–H and O–H groups in total. The monoisotopic (exact) mass is 556 g/mol. The zero-order chi connectivity index (χ0) is 26.8. The quantitative estimate of drug-likeness (QED) is 0.262. The Morgan fingerprint density at radius 3 is 2.35 bits per heavy atom. The number of hydrogen-bond donors (Lipinski definition) is 1. The van der Waals surface area contributed by atoms with Crippen LogP contribution in [0.2, 0.25) is 10.0 Å². The molecule has 0 aliphatic heterocycles. The van der Waals surface area contributed by atoms with Gasteiger partial charge in [-0.25, -0.2) is 0 Å². The molecule has 0 aliphatic carbocycles. The maximum Gasteiger partial charge on any atom is 0.243 e. The van der Waals surface area contributed by atoms with Crippen molar-refractivity contribution >= 4 is 46.8 Å². The molecule has 0 unspecified atom stereocenters. The van der Waals surface area contributed by atoms with Crippen LogP contribution in [0, 0.1) is 12.8 Å². The van der Waals surface area contributed by atoms with E-state index in [0.29, 0.717) is 41.2 Å². The van der Waals surface area contributed by atoms with Crippen molar-refractivity contribution < 1.29 is 9.59 Å². The predicted octanol–water partition coefficient (Wildman–Crippen LogP) is 6.95. The van der Waals surface area contributed by atoms with E-state index in [-0.39, 0.29) is 17.6 Å². The van der Waals surface area contributed by atoms with Crippen LogP contribution in [0.1, 0.15) is 36.1 Å². The van der Waals surface area contributed by atoms with E-state index in [1.54, 1.807) is 17.0 Å². The Balaban J connectivity index is 1.85. The number of aryl methyl sites for hydroxylation is 1. The minimum Gasteiger partial charge on any atom is -0.354 e. The highest BCUT2D eigenvalue weighted by Crippen LogP contribution is 2.25. The zero-order valence-corrected chi connectivity index (χ0v) is 23.9. The Morgan fingerprint density at radius 1 is 0.946 bits per heavy atom. The van der Waals surface area contributed by atoms with E-state index in [9.17, 15) is 9.59 Å². The number of carbonyl (C=O) groups excluding carboxylic acids is 2. The first-order chi connectivity index (χ1) is 17.7. The third-order valence-electron chi connectivity index (χ3n) is 5.89. The van der Waals surface area contributed by atoms with Gasteiger partial charge in [0.25, 0.3) is 0 Å². The minimum atomic E-state index is -0.631. The SMILES string of the molecule is Cc1cccc(CN(C(=O)CSCc2ccc(Cl)cc2Cl)[C@H](Cc2ccccc2)C(=O)NCC(C)C)c1. The average molecular weight is 558 g/mol. The van der Waals surface area contributed by atoms with Gasteiger partial charge in [0.15, 0.2) is 0 Å². The Morgan fingerprint density at radius 2 is 1.68 bits per heavy atom. The number of thioether (sulfide) groups is 1. The molecule has 0 bridgehead atoms. The van der Waals surface area contributed by atoms with E-state index in [0.717, 1.165) is 22.3 Å². The number of benzene rings is 3. The third kappa shape index (κ3) is 9.41. The number of amides is 2. The molecule has 196 valence electrons. The maximum absolute atomic E-state index is 13.7. The van der Waals surface area contributed by atoms with Gasteiger partial charge in [0.2, 0.25) is 11.8 Å². The fraction of sp³-hybridized carbons (Fsp3) is 0.333. The van der Waals surface area contributed by atoms with Gasteiger partial charge in [-0.1, -0.05) is 103 Å². The molecule has 37 heavy (non-hydrogen) atoms. The van der Waals surface area contributed by atoms with Crippen molar-refractivity contribution in [2.75, 3.05) is 12.3 Å². The van der Waals surface area contributed by atoms with Gasteiger partial charge in [0.05, 0.1) is 5.75 Å². The highest BCUT2D eigenvalue weighted by molar-refractivity contribution is 7.99. The average Bonchev–Trinajstić information content (AvgIpc) is 2.86. The van der Waals surface area contributed by atoms with Gasteiger partial charge >= 0.3 is 0 Å². The Hall–Kier alpha value is -2.47. The Labute approximate surface area is 234 Å². The van der Waals surface area contributed by atoms with Crippen LogP contribution in [0.3, 0.4) is 0 Å². The van der Waals surface area contributed by atoms with E-state index in [1.807, 2.05) is 61.5 Å². The molecule has 0 saturated carbocycles. The molecule has 4 nitrogen and oxygen atoms in total. The lowest BCUT2D eigenvalue weighted by molar-refractivity contribution is -0.139. The number of rotatable bonds is 12. The van der Waals surface area contributed by atoms with E-state index >= 15 is 0 Å². The van der Waals surface area contributed by atoms with Gasteiger partial charge in [-0.05, 0) is 41.7 Å². The van der Waals surface area contributed by atoms with Gasteiger partial charge in [0, 0.05) is 35.3 Å². The van der Waals surface area contributed by atoms with E-state index < -0.39 is 6.04 Å². The highest BCUT2D eigenvalue weighted by Gasteiger charge is 2.30. The fourth-order valence-electron chi connectivity index (χ4n) is 3.95. The van der Waals surface area contributed by atoms with Crippen molar-refractivity contribution in [1.82, 2.24) is 10.2 Å². The summed E-state index contributed by atoms with van der Waals surface area (Å²) in [4.78, 5) is 28.9. The van der Waals surface area contributed by atoms with E-state index in [1.165, 1.54) is 11.8 Å². The summed E-state index contributed by atoms with van der Waals surface area (Å²) in [6.45, 7) is 7.05. The van der Waals surface area contributed by atoms with Crippen molar-refractivity contribution in [3.05, 3.63) is 105 Å². The molecule has 2 amide bonds. The largest absolute Gasteiger partial charge is 0.354 e. The lowest BCUT2D eigenvalue weighted by Crippen LogP contribution is -2.51. The number of halogens is 2. The van der Waals surface area contributed by atoms with Gasteiger partial charge < -0.3 is 10.2 Å². The second-order valence-corrected chi connectivity index (χ2v) is 11.4. The second-order valence-electron chi connectivity index (χ2n) is 9.58. The Kier molecular flexibility index (Phi) is 11.4. The first-order valence-corrected chi connectivity index (χ1v) is 14.3.